The number of hydrogen-bond donors (Lipinski definition) is 1. The van der Waals surface area contributed by atoms with Gasteiger partial charge in [0.25, 0.3) is 0 Å². The van der Waals surface area contributed by atoms with E-state index in [0.29, 0.717) is 0 Å². The van der Waals surface area contributed by atoms with Crippen LogP contribution < -0.4 is 5.32 Å². The van der Waals surface area contributed by atoms with Gasteiger partial charge >= 0.3 is 6.18 Å². The smallest absolute Gasteiger partial charge is 0.338 e. The molecule has 1 N–H and O–H groups in total. The average Bonchev–Trinajstić information content (AvgIpc) is 2.70. The summed E-state index contributed by atoms with van der Waals surface area (Å²) in [6, 6.07) is -0.183. The second-order valence-electron chi connectivity index (χ2n) is 6.22. The monoisotopic (exact) mass is 306 g/mol. The van der Waals surface area contributed by atoms with Gasteiger partial charge in [0.2, 0.25) is 5.91 Å². The highest BCUT2D eigenvalue weighted by molar-refractivity contribution is 5.82. The number of carbonyl (C=O) groups excluding carboxylic acids is 1. The molecule has 0 radical (unpaired) electrons. The largest absolute Gasteiger partial charge is 0.393 e. The van der Waals surface area contributed by atoms with E-state index in [1.807, 2.05) is 4.90 Å². The Bertz CT molecular complexity index is 351. The van der Waals surface area contributed by atoms with Gasteiger partial charge in [-0.2, -0.15) is 13.2 Å². The van der Waals surface area contributed by atoms with Crippen molar-refractivity contribution < 1.29 is 18.0 Å². The summed E-state index contributed by atoms with van der Waals surface area (Å²) in [7, 11) is 0. The van der Waals surface area contributed by atoms with E-state index in [0.717, 1.165) is 38.6 Å². The fourth-order valence-corrected chi connectivity index (χ4v) is 3.44. The van der Waals surface area contributed by atoms with E-state index in [-0.39, 0.29) is 31.3 Å². The molecule has 1 amide bonds. The van der Waals surface area contributed by atoms with Crippen LogP contribution in [0.4, 0.5) is 13.2 Å². The summed E-state index contributed by atoms with van der Waals surface area (Å²) in [6.45, 7) is 2.69. The summed E-state index contributed by atoms with van der Waals surface area (Å²) in [5.41, 5.74) is 0. The molecule has 2 aliphatic heterocycles. The zero-order valence-corrected chi connectivity index (χ0v) is 12.6. The molecular formula is C15H25F3N2O. The maximum absolute atomic E-state index is 12.7. The predicted octanol–water partition coefficient (Wildman–Crippen LogP) is 3.10. The van der Waals surface area contributed by atoms with Crippen molar-refractivity contribution in [2.24, 2.45) is 5.92 Å². The normalized spacial score (nSPS) is 31.8. The molecule has 2 aliphatic rings. The van der Waals surface area contributed by atoms with Gasteiger partial charge in [-0.1, -0.05) is 19.8 Å². The average molecular weight is 306 g/mol. The lowest BCUT2D eigenvalue weighted by atomic mass is 9.93. The van der Waals surface area contributed by atoms with E-state index in [1.165, 1.54) is 0 Å². The minimum absolute atomic E-state index is 0.00405. The number of nitrogens with zero attached hydrogens (tertiary/aromatic N) is 1. The van der Waals surface area contributed by atoms with Gasteiger partial charge in [-0.3, -0.25) is 4.79 Å². The second-order valence-corrected chi connectivity index (χ2v) is 6.22. The van der Waals surface area contributed by atoms with E-state index in [4.69, 9.17) is 0 Å². The maximum atomic E-state index is 12.7. The molecule has 2 heterocycles. The van der Waals surface area contributed by atoms with Crippen molar-refractivity contribution in [1.82, 2.24) is 10.2 Å². The molecule has 2 rings (SSSR count). The number of nitrogens with one attached hydrogen (secondary N) is 1. The molecule has 6 heteroatoms. The zero-order valence-electron chi connectivity index (χ0n) is 12.6. The highest BCUT2D eigenvalue weighted by Crippen LogP contribution is 2.32. The van der Waals surface area contributed by atoms with Crippen molar-refractivity contribution >= 4 is 5.91 Å². The summed E-state index contributed by atoms with van der Waals surface area (Å²) < 4.78 is 38.0. The Kier molecular flexibility index (Phi) is 5.52. The molecule has 0 saturated carbocycles. The number of rotatable bonds is 2. The van der Waals surface area contributed by atoms with Crippen LogP contribution in [0.3, 0.4) is 0 Å². The summed E-state index contributed by atoms with van der Waals surface area (Å²) in [6.07, 6.45) is 1.39. The lowest BCUT2D eigenvalue weighted by molar-refractivity contribution is -0.181. The summed E-state index contributed by atoms with van der Waals surface area (Å²) in [5, 5.41) is 2.83. The number of likely N-dealkylation sites (tertiary alicyclic amines) is 1. The third-order valence-corrected chi connectivity index (χ3v) is 4.81. The van der Waals surface area contributed by atoms with Gasteiger partial charge in [-0.05, 0) is 32.1 Å². The van der Waals surface area contributed by atoms with Crippen molar-refractivity contribution in [3.05, 3.63) is 0 Å². The van der Waals surface area contributed by atoms with E-state index < -0.39 is 18.1 Å². The Balaban J connectivity index is 1.94. The van der Waals surface area contributed by atoms with Gasteiger partial charge in [0.1, 0.15) is 0 Å². The van der Waals surface area contributed by atoms with Gasteiger partial charge in [0.15, 0.2) is 0 Å². The van der Waals surface area contributed by atoms with E-state index >= 15 is 0 Å². The number of piperidine rings is 1. The van der Waals surface area contributed by atoms with Crippen LogP contribution in [0.2, 0.25) is 0 Å². The fraction of sp³-hybridized carbons (Fsp3) is 0.933. The first-order chi connectivity index (χ1) is 9.93. The Morgan fingerprint density at radius 3 is 2.52 bits per heavy atom. The Morgan fingerprint density at radius 1 is 1.19 bits per heavy atom. The van der Waals surface area contributed by atoms with Gasteiger partial charge in [0.05, 0.1) is 12.0 Å². The number of halogens is 3. The SMILES string of the molecule is CCC1CCCCCN1C(=O)C1CCC(C(F)(F)F)CN1. The highest BCUT2D eigenvalue weighted by Gasteiger charge is 2.43. The summed E-state index contributed by atoms with van der Waals surface area (Å²) >= 11 is 0. The number of hydrogen-bond acceptors (Lipinski definition) is 2. The van der Waals surface area contributed by atoms with Crippen LogP contribution in [0.15, 0.2) is 0 Å². The first-order valence-corrected chi connectivity index (χ1v) is 8.04. The van der Waals surface area contributed by atoms with Crippen LogP contribution in [-0.2, 0) is 4.79 Å². The fourth-order valence-electron chi connectivity index (χ4n) is 3.44. The number of amides is 1. The van der Waals surface area contributed by atoms with Crippen LogP contribution in [-0.4, -0.2) is 42.2 Å². The summed E-state index contributed by atoms with van der Waals surface area (Å²) in [4.78, 5) is 14.5. The van der Waals surface area contributed by atoms with E-state index in [2.05, 4.69) is 12.2 Å². The molecule has 3 atom stereocenters. The second kappa shape index (κ2) is 6.99. The minimum atomic E-state index is -4.16. The molecule has 0 aromatic rings. The Morgan fingerprint density at radius 2 is 1.95 bits per heavy atom. The third-order valence-electron chi connectivity index (χ3n) is 4.81. The van der Waals surface area contributed by atoms with E-state index in [1.54, 1.807) is 0 Å². The van der Waals surface area contributed by atoms with Crippen LogP contribution in [0.5, 0.6) is 0 Å². The van der Waals surface area contributed by atoms with Crippen LogP contribution in [0.1, 0.15) is 51.9 Å². The lowest BCUT2D eigenvalue weighted by Crippen LogP contribution is -2.54. The molecule has 0 spiro atoms. The van der Waals surface area contributed by atoms with Crippen molar-refractivity contribution in [3.8, 4) is 0 Å². The van der Waals surface area contributed by atoms with Gasteiger partial charge < -0.3 is 10.2 Å². The molecule has 122 valence electrons. The van der Waals surface area contributed by atoms with Crippen molar-refractivity contribution in [1.29, 1.82) is 0 Å². The summed E-state index contributed by atoms with van der Waals surface area (Å²) in [5.74, 6) is -1.31. The van der Waals surface area contributed by atoms with Gasteiger partial charge in [-0.25, -0.2) is 0 Å². The number of alkyl halides is 3. The van der Waals surface area contributed by atoms with Gasteiger partial charge in [0, 0.05) is 19.1 Å². The number of carbonyl (C=O) groups is 1. The first-order valence-electron chi connectivity index (χ1n) is 8.04. The molecule has 21 heavy (non-hydrogen) atoms. The maximum Gasteiger partial charge on any atom is 0.393 e. The first kappa shape index (κ1) is 16.6. The zero-order chi connectivity index (χ0) is 15.5. The van der Waals surface area contributed by atoms with Crippen molar-refractivity contribution in [3.63, 3.8) is 0 Å². The standard InChI is InChI=1S/C15H25F3N2O/c1-2-12-6-4-3-5-9-20(12)14(21)13-8-7-11(10-19-13)15(16,17)18/h11-13,19H,2-10H2,1H3. The molecule has 2 fully saturated rings. The molecule has 3 unspecified atom stereocenters. The Labute approximate surface area is 124 Å². The molecule has 0 aliphatic carbocycles. The topological polar surface area (TPSA) is 32.3 Å². The molecule has 3 nitrogen and oxygen atoms in total. The van der Waals surface area contributed by atoms with Crippen molar-refractivity contribution in [2.75, 3.05) is 13.1 Å². The lowest BCUT2D eigenvalue weighted by Gasteiger charge is -2.36. The molecule has 0 aromatic heterocycles. The quantitative estimate of drug-likeness (QED) is 0.850. The van der Waals surface area contributed by atoms with Crippen LogP contribution >= 0.6 is 0 Å². The molecule has 0 aromatic carbocycles. The predicted molar refractivity (Wildman–Crippen MR) is 74.8 cm³/mol. The molecular weight excluding hydrogens is 281 g/mol. The van der Waals surface area contributed by atoms with Crippen LogP contribution in [0.25, 0.3) is 0 Å². The van der Waals surface area contributed by atoms with E-state index in [9.17, 15) is 18.0 Å². The highest BCUT2D eigenvalue weighted by atomic mass is 19.4. The third kappa shape index (κ3) is 4.11. The van der Waals surface area contributed by atoms with Crippen LogP contribution in [0, 0.1) is 5.92 Å². The van der Waals surface area contributed by atoms with Crippen molar-refractivity contribution in [2.45, 2.75) is 70.1 Å². The van der Waals surface area contributed by atoms with Gasteiger partial charge in [-0.15, -0.1) is 0 Å². The minimum Gasteiger partial charge on any atom is -0.338 e. The molecule has 0 bridgehead atoms. The molecule has 2 saturated heterocycles. The Hall–Kier alpha value is -0.780.